The molecule has 1 saturated heterocycles. The molecular formula is C25H32N4O4S. The highest BCUT2D eigenvalue weighted by Crippen LogP contribution is 2.30. The van der Waals surface area contributed by atoms with Crippen LogP contribution in [0.3, 0.4) is 0 Å². The lowest BCUT2D eigenvalue weighted by atomic mass is 10.1. The Balaban J connectivity index is 1.84. The molecule has 0 bridgehead atoms. The molecule has 1 aliphatic rings. The van der Waals surface area contributed by atoms with Crippen molar-refractivity contribution in [1.82, 2.24) is 14.5 Å². The number of rotatable bonds is 9. The molecule has 4 rings (SSSR count). The fraction of sp³-hybridized carbons (Fsp3) is 0.440. The molecule has 0 aliphatic carbocycles. The molecule has 1 fully saturated rings. The molecule has 8 nitrogen and oxygen atoms in total. The number of carbonyl (C=O) groups is 1. The van der Waals surface area contributed by atoms with Gasteiger partial charge in [0.2, 0.25) is 10.0 Å². The third kappa shape index (κ3) is 5.10. The predicted octanol–water partition coefficient (Wildman–Crippen LogP) is 4.03. The van der Waals surface area contributed by atoms with E-state index in [-0.39, 0.29) is 17.8 Å². The van der Waals surface area contributed by atoms with E-state index in [2.05, 4.69) is 4.72 Å². The van der Waals surface area contributed by atoms with Crippen molar-refractivity contribution in [1.29, 1.82) is 0 Å². The summed E-state index contributed by atoms with van der Waals surface area (Å²) in [5.41, 5.74) is 2.92. The highest BCUT2D eigenvalue weighted by Gasteiger charge is 2.27. The molecule has 3 aromatic rings. The number of benzene rings is 2. The Morgan fingerprint density at radius 3 is 2.65 bits per heavy atom. The van der Waals surface area contributed by atoms with Gasteiger partial charge in [-0.15, -0.1) is 0 Å². The first-order valence-electron chi connectivity index (χ1n) is 11.8. The van der Waals surface area contributed by atoms with Crippen molar-refractivity contribution in [2.24, 2.45) is 7.05 Å². The summed E-state index contributed by atoms with van der Waals surface area (Å²) in [7, 11) is -1.63. The SMILES string of the molecule is CCCN(CC1CCCO1)C(=O)c1cc(NS(=O)(=O)CC)cc2nc(-c3ccccc3)n(C)c12. The van der Waals surface area contributed by atoms with E-state index in [1.165, 1.54) is 0 Å². The van der Waals surface area contributed by atoms with Crippen LogP contribution in [0.15, 0.2) is 42.5 Å². The first-order valence-corrected chi connectivity index (χ1v) is 13.5. The fourth-order valence-corrected chi connectivity index (χ4v) is 5.04. The van der Waals surface area contributed by atoms with Crippen molar-refractivity contribution in [3.8, 4) is 11.4 Å². The van der Waals surface area contributed by atoms with Crippen molar-refractivity contribution < 1.29 is 17.9 Å². The number of fused-ring (bicyclic) bond motifs is 1. The van der Waals surface area contributed by atoms with Crippen LogP contribution >= 0.6 is 0 Å². The van der Waals surface area contributed by atoms with Crippen LogP contribution in [0.5, 0.6) is 0 Å². The fourth-order valence-electron chi connectivity index (χ4n) is 4.42. The van der Waals surface area contributed by atoms with E-state index in [1.807, 2.05) is 53.8 Å². The van der Waals surface area contributed by atoms with Gasteiger partial charge >= 0.3 is 0 Å². The van der Waals surface area contributed by atoms with Crippen LogP contribution in [-0.4, -0.2) is 60.3 Å². The van der Waals surface area contributed by atoms with Gasteiger partial charge in [0.05, 0.1) is 34.1 Å². The number of nitrogens with zero attached hydrogens (tertiary/aromatic N) is 3. The maximum atomic E-state index is 13.9. The highest BCUT2D eigenvalue weighted by atomic mass is 32.2. The third-order valence-electron chi connectivity index (χ3n) is 6.11. The van der Waals surface area contributed by atoms with E-state index in [0.29, 0.717) is 41.2 Å². The molecule has 182 valence electrons. The summed E-state index contributed by atoms with van der Waals surface area (Å²) < 4.78 is 34.9. The number of carbonyl (C=O) groups excluding carboxylic acids is 1. The second-order valence-corrected chi connectivity index (χ2v) is 10.7. The molecule has 0 spiro atoms. The van der Waals surface area contributed by atoms with Crippen LogP contribution in [0.4, 0.5) is 5.69 Å². The zero-order chi connectivity index (χ0) is 24.3. The number of imidazole rings is 1. The van der Waals surface area contributed by atoms with Crippen LogP contribution in [0.1, 0.15) is 43.5 Å². The number of anilines is 1. The second kappa shape index (κ2) is 10.1. The molecule has 1 amide bonds. The Hall–Kier alpha value is -2.91. The van der Waals surface area contributed by atoms with E-state index >= 15 is 0 Å². The molecule has 0 radical (unpaired) electrons. The monoisotopic (exact) mass is 484 g/mol. The minimum Gasteiger partial charge on any atom is -0.376 e. The molecule has 1 aliphatic heterocycles. The van der Waals surface area contributed by atoms with Gasteiger partial charge in [-0.1, -0.05) is 37.3 Å². The molecule has 2 heterocycles. The lowest BCUT2D eigenvalue weighted by Crippen LogP contribution is -2.38. The molecule has 34 heavy (non-hydrogen) atoms. The van der Waals surface area contributed by atoms with Crippen LogP contribution in [0.25, 0.3) is 22.4 Å². The van der Waals surface area contributed by atoms with Gasteiger partial charge in [0, 0.05) is 32.3 Å². The van der Waals surface area contributed by atoms with E-state index < -0.39 is 10.0 Å². The summed E-state index contributed by atoms with van der Waals surface area (Å²) in [6.45, 7) is 5.44. The lowest BCUT2D eigenvalue weighted by Gasteiger charge is -2.26. The molecule has 1 N–H and O–H groups in total. The van der Waals surface area contributed by atoms with Crippen molar-refractivity contribution in [3.05, 3.63) is 48.0 Å². The van der Waals surface area contributed by atoms with Crippen LogP contribution < -0.4 is 4.72 Å². The Bertz CT molecular complexity index is 1270. The van der Waals surface area contributed by atoms with Gasteiger partial charge in [-0.05, 0) is 38.3 Å². The number of sulfonamides is 1. The standard InChI is InChI=1S/C25H32N4O4S/c1-4-13-29(17-20-12-9-14-33-20)25(30)21-15-19(27-34(31,32)5-2)16-22-23(21)28(3)24(26-22)18-10-7-6-8-11-18/h6-8,10-11,15-16,20,27H,4-5,9,12-14,17H2,1-3H3. The Kier molecular flexibility index (Phi) is 7.23. The third-order valence-corrected chi connectivity index (χ3v) is 7.42. The Morgan fingerprint density at radius 1 is 1.24 bits per heavy atom. The number of hydrogen-bond donors (Lipinski definition) is 1. The molecule has 1 atom stereocenters. The molecule has 1 aromatic heterocycles. The molecular weight excluding hydrogens is 452 g/mol. The molecule has 1 unspecified atom stereocenters. The topological polar surface area (TPSA) is 93.5 Å². The first kappa shape index (κ1) is 24.2. The largest absolute Gasteiger partial charge is 0.376 e. The van der Waals surface area contributed by atoms with Crippen LogP contribution in [0, 0.1) is 0 Å². The minimum atomic E-state index is -3.52. The highest BCUT2D eigenvalue weighted by molar-refractivity contribution is 7.92. The predicted molar refractivity (Wildman–Crippen MR) is 134 cm³/mol. The number of amides is 1. The Morgan fingerprint density at radius 2 is 2.00 bits per heavy atom. The van der Waals surface area contributed by atoms with Crippen molar-refractivity contribution >= 4 is 32.7 Å². The van der Waals surface area contributed by atoms with Gasteiger partial charge < -0.3 is 14.2 Å². The molecule has 9 heteroatoms. The number of hydrogen-bond acceptors (Lipinski definition) is 5. The van der Waals surface area contributed by atoms with Crippen molar-refractivity contribution in [2.45, 2.75) is 39.2 Å². The maximum absolute atomic E-state index is 13.9. The van der Waals surface area contributed by atoms with E-state index in [0.717, 1.165) is 31.4 Å². The average Bonchev–Trinajstić information content (AvgIpc) is 3.46. The normalized spacial score (nSPS) is 16.1. The van der Waals surface area contributed by atoms with Crippen molar-refractivity contribution in [2.75, 3.05) is 30.2 Å². The minimum absolute atomic E-state index is 0.0270. The quantitative estimate of drug-likeness (QED) is 0.495. The van der Waals surface area contributed by atoms with Gasteiger partial charge in [-0.25, -0.2) is 13.4 Å². The van der Waals surface area contributed by atoms with Gasteiger partial charge in [0.1, 0.15) is 5.82 Å². The lowest BCUT2D eigenvalue weighted by molar-refractivity contribution is 0.0527. The van der Waals surface area contributed by atoms with Gasteiger partial charge in [0.15, 0.2) is 0 Å². The van der Waals surface area contributed by atoms with Gasteiger partial charge in [0.25, 0.3) is 5.91 Å². The van der Waals surface area contributed by atoms with Gasteiger partial charge in [-0.3, -0.25) is 9.52 Å². The van der Waals surface area contributed by atoms with E-state index in [4.69, 9.17) is 9.72 Å². The number of aryl methyl sites for hydroxylation is 1. The summed E-state index contributed by atoms with van der Waals surface area (Å²) in [5.74, 6) is 0.496. The smallest absolute Gasteiger partial charge is 0.256 e. The summed E-state index contributed by atoms with van der Waals surface area (Å²) >= 11 is 0. The first-order chi connectivity index (χ1) is 16.3. The Labute approximate surface area is 201 Å². The average molecular weight is 485 g/mol. The van der Waals surface area contributed by atoms with Crippen molar-refractivity contribution in [3.63, 3.8) is 0 Å². The van der Waals surface area contributed by atoms with Crippen LogP contribution in [0.2, 0.25) is 0 Å². The van der Waals surface area contributed by atoms with Crippen LogP contribution in [-0.2, 0) is 21.8 Å². The van der Waals surface area contributed by atoms with Gasteiger partial charge in [-0.2, -0.15) is 0 Å². The molecule has 0 saturated carbocycles. The summed E-state index contributed by atoms with van der Waals surface area (Å²) in [4.78, 5) is 20.5. The number of nitrogens with one attached hydrogen (secondary N) is 1. The zero-order valence-corrected chi connectivity index (χ0v) is 20.8. The second-order valence-electron chi connectivity index (χ2n) is 8.64. The zero-order valence-electron chi connectivity index (χ0n) is 20.0. The van der Waals surface area contributed by atoms with E-state index in [1.54, 1.807) is 19.1 Å². The number of ether oxygens (including phenoxy) is 1. The maximum Gasteiger partial charge on any atom is 0.256 e. The summed E-state index contributed by atoms with van der Waals surface area (Å²) in [5, 5.41) is 0. The summed E-state index contributed by atoms with van der Waals surface area (Å²) in [6, 6.07) is 13.1. The van der Waals surface area contributed by atoms with E-state index in [9.17, 15) is 13.2 Å². The number of aromatic nitrogens is 2. The molecule has 2 aromatic carbocycles. The summed E-state index contributed by atoms with van der Waals surface area (Å²) in [6.07, 6.45) is 2.77.